The van der Waals surface area contributed by atoms with Gasteiger partial charge in [-0.25, -0.2) is 4.98 Å². The highest BCUT2D eigenvalue weighted by atomic mass is 15.1. The number of aromatic amines is 1. The lowest BCUT2D eigenvalue weighted by Crippen LogP contribution is -1.77. The highest BCUT2D eigenvalue weighted by Crippen LogP contribution is 2.16. The first-order chi connectivity index (χ1) is 6.93. The SMILES string of the molecule is c1ccn2cc(-c3cn[nH]c3)nc2c1. The summed E-state index contributed by atoms with van der Waals surface area (Å²) in [5.74, 6) is 0. The summed E-state index contributed by atoms with van der Waals surface area (Å²) in [7, 11) is 0. The zero-order valence-corrected chi connectivity index (χ0v) is 7.38. The van der Waals surface area contributed by atoms with Crippen molar-refractivity contribution >= 4 is 5.65 Å². The highest BCUT2D eigenvalue weighted by molar-refractivity contribution is 5.60. The molecule has 3 heterocycles. The third kappa shape index (κ3) is 1.01. The van der Waals surface area contributed by atoms with Crippen molar-refractivity contribution in [2.75, 3.05) is 0 Å². The minimum atomic E-state index is 0.935. The minimum absolute atomic E-state index is 0.935. The molecule has 0 aliphatic rings. The molecule has 0 aliphatic carbocycles. The smallest absolute Gasteiger partial charge is 0.137 e. The van der Waals surface area contributed by atoms with Crippen LogP contribution in [0.5, 0.6) is 0 Å². The van der Waals surface area contributed by atoms with Crippen molar-refractivity contribution in [3.63, 3.8) is 0 Å². The summed E-state index contributed by atoms with van der Waals surface area (Å²) in [4.78, 5) is 4.46. The lowest BCUT2D eigenvalue weighted by molar-refractivity contribution is 1.09. The number of imidazole rings is 1. The summed E-state index contributed by atoms with van der Waals surface area (Å²) in [5, 5.41) is 6.67. The standard InChI is InChI=1S/C10H8N4/c1-2-4-14-7-9(13-10(14)3-1)8-5-11-12-6-8/h1-7H,(H,11,12). The van der Waals surface area contributed by atoms with Gasteiger partial charge < -0.3 is 4.40 Å². The fourth-order valence-corrected chi connectivity index (χ4v) is 1.46. The molecule has 3 aromatic heterocycles. The van der Waals surface area contributed by atoms with Crippen LogP contribution in [-0.4, -0.2) is 19.6 Å². The maximum absolute atomic E-state index is 4.46. The van der Waals surface area contributed by atoms with Crippen LogP contribution < -0.4 is 0 Å². The van der Waals surface area contributed by atoms with Crippen molar-refractivity contribution < 1.29 is 0 Å². The lowest BCUT2D eigenvalue weighted by atomic mass is 10.3. The molecule has 0 bridgehead atoms. The van der Waals surface area contributed by atoms with E-state index in [0.717, 1.165) is 16.9 Å². The molecule has 0 aliphatic heterocycles. The number of nitrogens with one attached hydrogen (secondary N) is 1. The second-order valence-corrected chi connectivity index (χ2v) is 3.08. The summed E-state index contributed by atoms with van der Waals surface area (Å²) in [6, 6.07) is 5.93. The summed E-state index contributed by atoms with van der Waals surface area (Å²) in [6.07, 6.45) is 7.57. The van der Waals surface area contributed by atoms with Gasteiger partial charge in [0.25, 0.3) is 0 Å². The maximum atomic E-state index is 4.46. The zero-order valence-electron chi connectivity index (χ0n) is 7.38. The molecule has 0 spiro atoms. The van der Waals surface area contributed by atoms with Gasteiger partial charge in [-0.1, -0.05) is 6.07 Å². The number of hydrogen-bond donors (Lipinski definition) is 1. The monoisotopic (exact) mass is 184 g/mol. The maximum Gasteiger partial charge on any atom is 0.137 e. The van der Waals surface area contributed by atoms with Crippen molar-refractivity contribution in [3.05, 3.63) is 43.0 Å². The fraction of sp³-hybridized carbons (Fsp3) is 0. The van der Waals surface area contributed by atoms with E-state index in [-0.39, 0.29) is 0 Å². The predicted octanol–water partition coefficient (Wildman–Crippen LogP) is 1.72. The Morgan fingerprint density at radius 3 is 3.07 bits per heavy atom. The van der Waals surface area contributed by atoms with Crippen LogP contribution in [-0.2, 0) is 0 Å². The summed E-state index contributed by atoms with van der Waals surface area (Å²) in [6.45, 7) is 0. The van der Waals surface area contributed by atoms with Gasteiger partial charge in [-0.15, -0.1) is 0 Å². The van der Waals surface area contributed by atoms with E-state index in [1.165, 1.54) is 0 Å². The molecule has 68 valence electrons. The molecular formula is C10H8N4. The van der Waals surface area contributed by atoms with Gasteiger partial charge in [0, 0.05) is 24.2 Å². The average Bonchev–Trinajstić information content (AvgIpc) is 2.86. The Bertz CT molecular complexity index is 517. The zero-order chi connectivity index (χ0) is 9.38. The number of rotatable bonds is 1. The predicted molar refractivity (Wildman–Crippen MR) is 52.8 cm³/mol. The number of H-pyrrole nitrogens is 1. The average molecular weight is 184 g/mol. The molecule has 0 radical (unpaired) electrons. The van der Waals surface area contributed by atoms with Gasteiger partial charge >= 0.3 is 0 Å². The Morgan fingerprint density at radius 2 is 2.29 bits per heavy atom. The minimum Gasteiger partial charge on any atom is -0.306 e. The number of pyridine rings is 1. The van der Waals surface area contributed by atoms with E-state index in [4.69, 9.17) is 0 Å². The first-order valence-corrected chi connectivity index (χ1v) is 4.36. The van der Waals surface area contributed by atoms with E-state index in [0.29, 0.717) is 0 Å². The molecule has 1 N–H and O–H groups in total. The van der Waals surface area contributed by atoms with Gasteiger partial charge in [0.2, 0.25) is 0 Å². The largest absolute Gasteiger partial charge is 0.306 e. The molecule has 0 unspecified atom stereocenters. The first-order valence-electron chi connectivity index (χ1n) is 4.36. The molecule has 14 heavy (non-hydrogen) atoms. The number of nitrogens with zero attached hydrogens (tertiary/aromatic N) is 3. The molecule has 0 saturated carbocycles. The topological polar surface area (TPSA) is 46.0 Å². The van der Waals surface area contributed by atoms with E-state index in [1.54, 1.807) is 6.20 Å². The number of aromatic nitrogens is 4. The van der Waals surface area contributed by atoms with Gasteiger partial charge in [0.05, 0.1) is 11.9 Å². The Balaban J connectivity index is 2.24. The Morgan fingerprint density at radius 1 is 1.29 bits per heavy atom. The molecule has 0 saturated heterocycles. The summed E-state index contributed by atoms with van der Waals surface area (Å²) >= 11 is 0. The summed E-state index contributed by atoms with van der Waals surface area (Å²) in [5.41, 5.74) is 2.89. The molecule has 4 nitrogen and oxygen atoms in total. The van der Waals surface area contributed by atoms with Crippen LogP contribution in [0.4, 0.5) is 0 Å². The number of hydrogen-bond acceptors (Lipinski definition) is 2. The van der Waals surface area contributed by atoms with E-state index >= 15 is 0 Å². The third-order valence-corrected chi connectivity index (χ3v) is 2.16. The van der Waals surface area contributed by atoms with Crippen LogP contribution in [0.25, 0.3) is 16.9 Å². The van der Waals surface area contributed by atoms with Crippen molar-refractivity contribution in [2.24, 2.45) is 0 Å². The van der Waals surface area contributed by atoms with Gasteiger partial charge in [-0.05, 0) is 12.1 Å². The van der Waals surface area contributed by atoms with Crippen LogP contribution >= 0.6 is 0 Å². The molecule has 3 aromatic rings. The quantitative estimate of drug-likeness (QED) is 0.626. The lowest BCUT2D eigenvalue weighted by Gasteiger charge is -1.86. The molecule has 0 atom stereocenters. The Labute approximate surface area is 80.2 Å². The van der Waals surface area contributed by atoms with E-state index in [1.807, 2.05) is 41.2 Å². The fourth-order valence-electron chi connectivity index (χ4n) is 1.46. The van der Waals surface area contributed by atoms with E-state index in [9.17, 15) is 0 Å². The Hall–Kier alpha value is -2.10. The third-order valence-electron chi connectivity index (χ3n) is 2.16. The van der Waals surface area contributed by atoms with Gasteiger partial charge in [0.15, 0.2) is 0 Å². The van der Waals surface area contributed by atoms with Crippen LogP contribution in [0.2, 0.25) is 0 Å². The number of fused-ring (bicyclic) bond motifs is 1. The normalized spacial score (nSPS) is 10.9. The van der Waals surface area contributed by atoms with Gasteiger partial charge in [-0.3, -0.25) is 5.10 Å². The second-order valence-electron chi connectivity index (χ2n) is 3.08. The van der Waals surface area contributed by atoms with Crippen LogP contribution in [0.15, 0.2) is 43.0 Å². The van der Waals surface area contributed by atoms with Crippen LogP contribution in [0.3, 0.4) is 0 Å². The van der Waals surface area contributed by atoms with Crippen molar-refractivity contribution in [3.8, 4) is 11.3 Å². The van der Waals surface area contributed by atoms with E-state index in [2.05, 4.69) is 15.2 Å². The molecule has 0 aromatic carbocycles. The van der Waals surface area contributed by atoms with Crippen molar-refractivity contribution in [1.82, 2.24) is 19.6 Å². The molecule has 0 fully saturated rings. The summed E-state index contributed by atoms with van der Waals surface area (Å²) < 4.78 is 1.99. The van der Waals surface area contributed by atoms with Crippen molar-refractivity contribution in [1.29, 1.82) is 0 Å². The highest BCUT2D eigenvalue weighted by Gasteiger charge is 2.03. The van der Waals surface area contributed by atoms with Crippen LogP contribution in [0, 0.1) is 0 Å². The van der Waals surface area contributed by atoms with Gasteiger partial charge in [-0.2, -0.15) is 5.10 Å². The van der Waals surface area contributed by atoms with Crippen molar-refractivity contribution in [2.45, 2.75) is 0 Å². The molecule has 3 rings (SSSR count). The first kappa shape index (κ1) is 7.32. The second kappa shape index (κ2) is 2.70. The van der Waals surface area contributed by atoms with E-state index < -0.39 is 0 Å². The molecular weight excluding hydrogens is 176 g/mol. The molecule has 4 heteroatoms. The Kier molecular flexibility index (Phi) is 1.41. The molecule has 0 amide bonds. The van der Waals surface area contributed by atoms with Gasteiger partial charge in [0.1, 0.15) is 5.65 Å². The van der Waals surface area contributed by atoms with Crippen LogP contribution in [0.1, 0.15) is 0 Å².